The Bertz CT molecular complexity index is 291. The summed E-state index contributed by atoms with van der Waals surface area (Å²) in [6, 6.07) is 4.16. The van der Waals surface area contributed by atoms with Crippen molar-refractivity contribution >= 4 is 11.8 Å². The third kappa shape index (κ3) is 3.20. The molecule has 0 aliphatic carbocycles. The SMILES string of the molecule is CSCCOc1ccc(F)cc1CO. The molecule has 0 aromatic heterocycles. The van der Waals surface area contributed by atoms with Crippen LogP contribution in [0, 0.1) is 5.82 Å². The van der Waals surface area contributed by atoms with Crippen LogP contribution in [0.3, 0.4) is 0 Å². The van der Waals surface area contributed by atoms with Crippen LogP contribution in [-0.4, -0.2) is 23.7 Å². The summed E-state index contributed by atoms with van der Waals surface area (Å²) in [6.07, 6.45) is 1.99. The summed E-state index contributed by atoms with van der Waals surface area (Å²) in [5, 5.41) is 8.95. The van der Waals surface area contributed by atoms with Gasteiger partial charge in [0, 0.05) is 11.3 Å². The van der Waals surface area contributed by atoms with Crippen molar-refractivity contribution in [2.24, 2.45) is 0 Å². The number of aliphatic hydroxyl groups is 1. The van der Waals surface area contributed by atoms with Crippen molar-refractivity contribution in [1.29, 1.82) is 0 Å². The summed E-state index contributed by atoms with van der Waals surface area (Å²) in [5.41, 5.74) is 0.492. The second kappa shape index (κ2) is 5.88. The Morgan fingerprint density at radius 2 is 2.29 bits per heavy atom. The molecule has 0 amide bonds. The Labute approximate surface area is 87.1 Å². The van der Waals surface area contributed by atoms with Gasteiger partial charge in [0.15, 0.2) is 0 Å². The number of rotatable bonds is 5. The zero-order valence-electron chi connectivity index (χ0n) is 8.00. The summed E-state index contributed by atoms with van der Waals surface area (Å²) in [5.74, 6) is 1.08. The number of ether oxygens (including phenoxy) is 1. The lowest BCUT2D eigenvalue weighted by atomic mass is 10.2. The summed E-state index contributed by atoms with van der Waals surface area (Å²) < 4.78 is 18.1. The van der Waals surface area contributed by atoms with Crippen molar-refractivity contribution in [3.8, 4) is 5.75 Å². The van der Waals surface area contributed by atoms with Gasteiger partial charge in [-0.25, -0.2) is 4.39 Å². The molecule has 78 valence electrons. The Morgan fingerprint density at radius 3 is 2.93 bits per heavy atom. The monoisotopic (exact) mass is 216 g/mol. The first kappa shape index (κ1) is 11.3. The van der Waals surface area contributed by atoms with E-state index in [2.05, 4.69) is 0 Å². The van der Waals surface area contributed by atoms with E-state index >= 15 is 0 Å². The van der Waals surface area contributed by atoms with Crippen molar-refractivity contribution in [3.63, 3.8) is 0 Å². The van der Waals surface area contributed by atoms with Gasteiger partial charge >= 0.3 is 0 Å². The van der Waals surface area contributed by atoms with Crippen molar-refractivity contribution in [2.45, 2.75) is 6.61 Å². The second-order valence-corrected chi connectivity index (χ2v) is 3.74. The third-order valence-corrected chi connectivity index (χ3v) is 2.31. The first-order valence-corrected chi connectivity index (χ1v) is 5.68. The molecule has 0 aliphatic rings. The zero-order valence-corrected chi connectivity index (χ0v) is 8.81. The van der Waals surface area contributed by atoms with Crippen LogP contribution in [0.25, 0.3) is 0 Å². The number of benzene rings is 1. The van der Waals surface area contributed by atoms with Crippen LogP contribution in [-0.2, 0) is 6.61 Å². The molecular formula is C10H13FO2S. The number of halogens is 1. The molecule has 4 heteroatoms. The van der Waals surface area contributed by atoms with Crippen LogP contribution in [0.1, 0.15) is 5.56 Å². The third-order valence-electron chi connectivity index (χ3n) is 1.74. The van der Waals surface area contributed by atoms with Gasteiger partial charge in [-0.1, -0.05) is 0 Å². The number of hydrogen-bond acceptors (Lipinski definition) is 3. The van der Waals surface area contributed by atoms with Crippen LogP contribution in [0.5, 0.6) is 5.75 Å². The maximum Gasteiger partial charge on any atom is 0.125 e. The van der Waals surface area contributed by atoms with Crippen LogP contribution < -0.4 is 4.74 Å². The second-order valence-electron chi connectivity index (χ2n) is 2.75. The lowest BCUT2D eigenvalue weighted by Crippen LogP contribution is -2.02. The number of aliphatic hydroxyl groups excluding tert-OH is 1. The molecule has 0 spiro atoms. The Balaban J connectivity index is 2.65. The highest BCUT2D eigenvalue weighted by molar-refractivity contribution is 7.98. The molecule has 0 atom stereocenters. The van der Waals surface area contributed by atoms with Gasteiger partial charge in [0.2, 0.25) is 0 Å². The summed E-state index contributed by atoms with van der Waals surface area (Å²) in [4.78, 5) is 0. The standard InChI is InChI=1S/C10H13FO2S/c1-14-5-4-13-10-3-2-9(11)6-8(10)7-12/h2-3,6,12H,4-5,7H2,1H3. The predicted molar refractivity (Wildman–Crippen MR) is 56.2 cm³/mol. The molecule has 0 saturated heterocycles. The fraction of sp³-hybridized carbons (Fsp3) is 0.400. The summed E-state index contributed by atoms with van der Waals surface area (Å²) in [6.45, 7) is 0.367. The molecule has 1 rings (SSSR count). The van der Waals surface area contributed by atoms with Gasteiger partial charge < -0.3 is 9.84 Å². The van der Waals surface area contributed by atoms with E-state index in [-0.39, 0.29) is 12.4 Å². The maximum atomic E-state index is 12.8. The zero-order chi connectivity index (χ0) is 10.4. The average molecular weight is 216 g/mol. The molecule has 1 N–H and O–H groups in total. The van der Waals surface area contributed by atoms with Gasteiger partial charge in [-0.2, -0.15) is 11.8 Å². The molecule has 0 aliphatic heterocycles. The minimum atomic E-state index is -0.355. The van der Waals surface area contributed by atoms with E-state index in [0.29, 0.717) is 17.9 Å². The van der Waals surface area contributed by atoms with Gasteiger partial charge in [0.25, 0.3) is 0 Å². The molecule has 2 nitrogen and oxygen atoms in total. The number of thioether (sulfide) groups is 1. The van der Waals surface area contributed by atoms with E-state index in [1.54, 1.807) is 17.8 Å². The smallest absolute Gasteiger partial charge is 0.125 e. The van der Waals surface area contributed by atoms with Gasteiger partial charge in [-0.05, 0) is 24.5 Å². The first-order chi connectivity index (χ1) is 6.77. The molecule has 1 aromatic carbocycles. The quantitative estimate of drug-likeness (QED) is 0.764. The topological polar surface area (TPSA) is 29.5 Å². The normalized spacial score (nSPS) is 10.2. The minimum absolute atomic E-state index is 0.202. The summed E-state index contributed by atoms with van der Waals surface area (Å²) >= 11 is 1.68. The maximum absolute atomic E-state index is 12.8. The van der Waals surface area contributed by atoms with E-state index in [9.17, 15) is 4.39 Å². The van der Waals surface area contributed by atoms with Crippen molar-refractivity contribution < 1.29 is 14.2 Å². The Morgan fingerprint density at radius 1 is 1.50 bits per heavy atom. The fourth-order valence-corrected chi connectivity index (χ4v) is 1.30. The van der Waals surface area contributed by atoms with Gasteiger partial charge in [0.05, 0.1) is 13.2 Å². The lowest BCUT2D eigenvalue weighted by Gasteiger charge is -2.09. The highest BCUT2D eigenvalue weighted by Crippen LogP contribution is 2.19. The molecule has 0 radical (unpaired) electrons. The van der Waals surface area contributed by atoms with E-state index in [1.165, 1.54) is 12.1 Å². The minimum Gasteiger partial charge on any atom is -0.492 e. The van der Waals surface area contributed by atoms with Crippen LogP contribution in [0.4, 0.5) is 4.39 Å². The Kier molecular flexibility index (Phi) is 4.76. The predicted octanol–water partition coefficient (Wildman–Crippen LogP) is 2.06. The fourth-order valence-electron chi connectivity index (χ4n) is 1.05. The van der Waals surface area contributed by atoms with Crippen molar-refractivity contribution in [2.75, 3.05) is 18.6 Å². The summed E-state index contributed by atoms with van der Waals surface area (Å²) in [7, 11) is 0. The first-order valence-electron chi connectivity index (χ1n) is 4.29. The van der Waals surface area contributed by atoms with E-state index < -0.39 is 0 Å². The van der Waals surface area contributed by atoms with Crippen LogP contribution in [0.2, 0.25) is 0 Å². The van der Waals surface area contributed by atoms with E-state index in [1.807, 2.05) is 6.26 Å². The molecule has 0 heterocycles. The molecule has 0 fully saturated rings. The van der Waals surface area contributed by atoms with Crippen LogP contribution in [0.15, 0.2) is 18.2 Å². The molecule has 0 saturated carbocycles. The largest absolute Gasteiger partial charge is 0.492 e. The molecule has 0 unspecified atom stereocenters. The van der Waals surface area contributed by atoms with Crippen molar-refractivity contribution in [1.82, 2.24) is 0 Å². The highest BCUT2D eigenvalue weighted by Gasteiger charge is 2.03. The van der Waals surface area contributed by atoms with Crippen LogP contribution >= 0.6 is 11.8 Å². The molecule has 14 heavy (non-hydrogen) atoms. The van der Waals surface area contributed by atoms with Crippen molar-refractivity contribution in [3.05, 3.63) is 29.6 Å². The number of hydrogen-bond donors (Lipinski definition) is 1. The van der Waals surface area contributed by atoms with Gasteiger partial charge in [0.1, 0.15) is 11.6 Å². The van der Waals surface area contributed by atoms with E-state index in [0.717, 1.165) is 5.75 Å². The molecule has 0 bridgehead atoms. The molecule has 1 aromatic rings. The highest BCUT2D eigenvalue weighted by atomic mass is 32.2. The van der Waals surface area contributed by atoms with Gasteiger partial charge in [-0.15, -0.1) is 0 Å². The average Bonchev–Trinajstić information content (AvgIpc) is 2.20. The lowest BCUT2D eigenvalue weighted by molar-refractivity contribution is 0.266. The van der Waals surface area contributed by atoms with Gasteiger partial charge in [-0.3, -0.25) is 0 Å². The van der Waals surface area contributed by atoms with E-state index in [4.69, 9.17) is 9.84 Å². The Hall–Kier alpha value is -0.740. The molecular weight excluding hydrogens is 203 g/mol.